The predicted molar refractivity (Wildman–Crippen MR) is 66.9 cm³/mol. The smallest absolute Gasteiger partial charge is 0.242 e. The molecule has 0 saturated heterocycles. The van der Waals surface area contributed by atoms with Gasteiger partial charge in [-0.05, 0) is 25.0 Å². The number of hydrogen-bond acceptors (Lipinski definition) is 4. The van der Waals surface area contributed by atoms with Crippen LogP contribution in [0.2, 0.25) is 0 Å². The molecule has 0 radical (unpaired) electrons. The van der Waals surface area contributed by atoms with E-state index in [1.807, 2.05) is 0 Å². The Balaban J connectivity index is 2.78. The normalized spacial score (nSPS) is 13.5. The molecule has 0 amide bonds. The number of benzene rings is 1. The minimum absolute atomic E-state index is 0.0767. The Bertz CT molecular complexity index is 505. The summed E-state index contributed by atoms with van der Waals surface area (Å²) in [6, 6.07) is 3.60. The lowest BCUT2D eigenvalue weighted by Gasteiger charge is -2.11. The van der Waals surface area contributed by atoms with Gasteiger partial charge in [0.15, 0.2) is 0 Å². The van der Waals surface area contributed by atoms with Gasteiger partial charge in [0.25, 0.3) is 0 Å². The first kappa shape index (κ1) is 14.9. The van der Waals surface area contributed by atoms with Crippen molar-refractivity contribution >= 4 is 15.7 Å². The standard InChI is InChI=1S/C11H17FN2O3S/c1-2-8(15)6-7-14-18(16,17)10-5-3-4-9(12)11(10)13/h3-5,8,14-15H,2,6-7,13H2,1H3. The van der Waals surface area contributed by atoms with Crippen molar-refractivity contribution in [1.29, 1.82) is 0 Å². The van der Waals surface area contributed by atoms with Crippen LogP contribution in [-0.4, -0.2) is 26.2 Å². The van der Waals surface area contributed by atoms with Crippen molar-refractivity contribution in [2.75, 3.05) is 12.3 Å². The molecule has 4 N–H and O–H groups in total. The summed E-state index contributed by atoms with van der Waals surface area (Å²) in [5, 5.41) is 9.30. The number of rotatable bonds is 6. The molecule has 102 valence electrons. The maximum atomic E-state index is 13.2. The molecule has 0 aromatic heterocycles. The Kier molecular flexibility index (Phi) is 5.06. The summed E-state index contributed by atoms with van der Waals surface area (Å²) in [5.74, 6) is -0.772. The van der Waals surface area contributed by atoms with Gasteiger partial charge in [0.2, 0.25) is 10.0 Å². The van der Waals surface area contributed by atoms with Gasteiger partial charge in [-0.15, -0.1) is 0 Å². The average Bonchev–Trinajstić information content (AvgIpc) is 2.32. The second kappa shape index (κ2) is 6.12. The minimum atomic E-state index is -3.84. The average molecular weight is 276 g/mol. The number of nitrogens with one attached hydrogen (secondary N) is 1. The fourth-order valence-corrected chi connectivity index (χ4v) is 2.58. The molecule has 18 heavy (non-hydrogen) atoms. The van der Waals surface area contributed by atoms with E-state index in [1.165, 1.54) is 12.1 Å². The first-order valence-corrected chi connectivity index (χ1v) is 7.08. The summed E-state index contributed by atoms with van der Waals surface area (Å²) >= 11 is 0. The molecule has 0 heterocycles. The molecule has 1 atom stereocenters. The van der Waals surface area contributed by atoms with E-state index in [0.717, 1.165) is 6.07 Å². The number of aliphatic hydroxyl groups excluding tert-OH is 1. The lowest BCUT2D eigenvalue weighted by atomic mass is 10.2. The highest BCUT2D eigenvalue weighted by Crippen LogP contribution is 2.20. The number of nitrogen functional groups attached to an aromatic ring is 1. The molecule has 0 aliphatic rings. The van der Waals surface area contributed by atoms with Crippen molar-refractivity contribution in [1.82, 2.24) is 4.72 Å². The molecule has 1 unspecified atom stereocenters. The third-order valence-electron chi connectivity index (χ3n) is 2.54. The van der Waals surface area contributed by atoms with Crippen LogP contribution >= 0.6 is 0 Å². The van der Waals surface area contributed by atoms with Crippen LogP contribution in [0.25, 0.3) is 0 Å². The molecule has 0 bridgehead atoms. The maximum absolute atomic E-state index is 13.2. The second-order valence-electron chi connectivity index (χ2n) is 3.90. The van der Waals surface area contributed by atoms with Crippen molar-refractivity contribution in [2.24, 2.45) is 0 Å². The number of anilines is 1. The third-order valence-corrected chi connectivity index (χ3v) is 4.06. The molecule has 5 nitrogen and oxygen atoms in total. The van der Waals surface area contributed by atoms with Crippen LogP contribution in [0, 0.1) is 5.82 Å². The summed E-state index contributed by atoms with van der Waals surface area (Å²) in [6.07, 6.45) is 0.284. The van der Waals surface area contributed by atoms with Crippen LogP contribution in [0.4, 0.5) is 10.1 Å². The largest absolute Gasteiger partial charge is 0.395 e. The van der Waals surface area contributed by atoms with E-state index in [4.69, 9.17) is 5.73 Å². The lowest BCUT2D eigenvalue weighted by molar-refractivity contribution is 0.162. The fraction of sp³-hybridized carbons (Fsp3) is 0.455. The van der Waals surface area contributed by atoms with Crippen LogP contribution in [-0.2, 0) is 10.0 Å². The first-order chi connectivity index (χ1) is 8.38. The lowest BCUT2D eigenvalue weighted by Crippen LogP contribution is -2.28. The number of hydrogen-bond donors (Lipinski definition) is 3. The third kappa shape index (κ3) is 3.66. The predicted octanol–water partition coefficient (Wildman–Crippen LogP) is 0.847. The van der Waals surface area contributed by atoms with E-state index in [2.05, 4.69) is 4.72 Å². The molecule has 1 rings (SSSR count). The summed E-state index contributed by atoms with van der Waals surface area (Å²) in [4.78, 5) is -0.284. The Morgan fingerprint density at radius 2 is 2.17 bits per heavy atom. The Morgan fingerprint density at radius 3 is 2.78 bits per heavy atom. The maximum Gasteiger partial charge on any atom is 0.242 e. The van der Waals surface area contributed by atoms with Crippen LogP contribution in [0.3, 0.4) is 0 Å². The van der Waals surface area contributed by atoms with Crippen LogP contribution in [0.5, 0.6) is 0 Å². The highest BCUT2D eigenvalue weighted by atomic mass is 32.2. The van der Waals surface area contributed by atoms with E-state index in [0.29, 0.717) is 12.8 Å². The number of para-hydroxylation sites is 1. The molecule has 1 aromatic rings. The van der Waals surface area contributed by atoms with Gasteiger partial charge < -0.3 is 10.8 Å². The van der Waals surface area contributed by atoms with Crippen LogP contribution in [0.1, 0.15) is 19.8 Å². The van der Waals surface area contributed by atoms with Crippen molar-refractivity contribution < 1.29 is 17.9 Å². The van der Waals surface area contributed by atoms with Crippen LogP contribution < -0.4 is 10.5 Å². The summed E-state index contributed by atoms with van der Waals surface area (Å²) < 4.78 is 39.1. The zero-order chi connectivity index (χ0) is 13.8. The van der Waals surface area contributed by atoms with E-state index in [9.17, 15) is 17.9 Å². The molecule has 0 aliphatic carbocycles. The van der Waals surface area contributed by atoms with Gasteiger partial charge in [-0.1, -0.05) is 13.0 Å². The van der Waals surface area contributed by atoms with Gasteiger partial charge in [-0.25, -0.2) is 17.5 Å². The Morgan fingerprint density at radius 1 is 1.50 bits per heavy atom. The molecule has 7 heteroatoms. The molecule has 0 spiro atoms. The van der Waals surface area contributed by atoms with Crippen molar-refractivity contribution in [3.63, 3.8) is 0 Å². The van der Waals surface area contributed by atoms with Gasteiger partial charge in [0, 0.05) is 6.54 Å². The molecular weight excluding hydrogens is 259 g/mol. The van der Waals surface area contributed by atoms with E-state index in [-0.39, 0.29) is 11.4 Å². The number of aliphatic hydroxyl groups is 1. The minimum Gasteiger partial charge on any atom is -0.395 e. The summed E-state index contributed by atoms with van der Waals surface area (Å²) in [6.45, 7) is 1.87. The summed E-state index contributed by atoms with van der Waals surface area (Å²) in [5.41, 5.74) is 4.98. The molecule has 0 fully saturated rings. The Labute approximate surface area is 106 Å². The van der Waals surface area contributed by atoms with Gasteiger partial charge in [0.1, 0.15) is 10.7 Å². The monoisotopic (exact) mass is 276 g/mol. The topological polar surface area (TPSA) is 92.4 Å². The first-order valence-electron chi connectivity index (χ1n) is 5.60. The Hall–Kier alpha value is -1.18. The van der Waals surface area contributed by atoms with Gasteiger partial charge in [0.05, 0.1) is 11.8 Å². The SMILES string of the molecule is CCC(O)CCNS(=O)(=O)c1cccc(F)c1N. The van der Waals surface area contributed by atoms with Crippen molar-refractivity contribution in [2.45, 2.75) is 30.8 Å². The second-order valence-corrected chi connectivity index (χ2v) is 5.64. The highest BCUT2D eigenvalue weighted by molar-refractivity contribution is 7.89. The van der Waals surface area contributed by atoms with Crippen molar-refractivity contribution in [3.05, 3.63) is 24.0 Å². The van der Waals surface area contributed by atoms with E-state index in [1.54, 1.807) is 6.92 Å². The molecule has 0 aliphatic heterocycles. The van der Waals surface area contributed by atoms with E-state index >= 15 is 0 Å². The van der Waals surface area contributed by atoms with Gasteiger partial charge >= 0.3 is 0 Å². The molecular formula is C11H17FN2O3S. The number of nitrogens with two attached hydrogens (primary N) is 1. The molecule has 1 aromatic carbocycles. The quantitative estimate of drug-likeness (QED) is 0.671. The van der Waals surface area contributed by atoms with Gasteiger partial charge in [-0.2, -0.15) is 0 Å². The number of halogens is 1. The molecule has 0 saturated carbocycles. The van der Waals surface area contributed by atoms with Gasteiger partial charge in [-0.3, -0.25) is 0 Å². The summed E-state index contributed by atoms with van der Waals surface area (Å²) in [7, 11) is -3.84. The van der Waals surface area contributed by atoms with Crippen molar-refractivity contribution in [3.8, 4) is 0 Å². The van der Waals surface area contributed by atoms with E-state index < -0.39 is 27.6 Å². The zero-order valence-corrected chi connectivity index (χ0v) is 10.9. The highest BCUT2D eigenvalue weighted by Gasteiger charge is 2.19. The zero-order valence-electron chi connectivity index (χ0n) is 10.1. The fourth-order valence-electron chi connectivity index (χ4n) is 1.39. The number of sulfonamides is 1. The van der Waals surface area contributed by atoms with Crippen LogP contribution in [0.15, 0.2) is 23.1 Å².